The molecule has 0 aliphatic rings. The molecular weight excluding hydrogens is 418 g/mol. The van der Waals surface area contributed by atoms with Crippen molar-refractivity contribution >= 4 is 17.3 Å². The third-order valence-electron chi connectivity index (χ3n) is 4.52. The minimum absolute atomic E-state index is 0.0469. The smallest absolute Gasteiger partial charge is 0.419 e. The minimum atomic E-state index is -4.72. The van der Waals surface area contributed by atoms with E-state index in [0.29, 0.717) is 6.54 Å². The number of rotatable bonds is 8. The maximum atomic E-state index is 13.6. The summed E-state index contributed by atoms with van der Waals surface area (Å²) in [5.74, 6) is -0.601. The Morgan fingerprint density at radius 3 is 2.55 bits per heavy atom. The van der Waals surface area contributed by atoms with E-state index in [1.807, 2.05) is 0 Å². The standard InChI is InChI=1S/C20H21F4N5O2/c1-4-29(12(2)30)7-8-31-18-6-5-13(9-14(18)20(21,22)23)15-10-16(26-3)19(28-24)17(11-25)27-15/h5-6,9-10,28H,4,7-8H2,1-3H3,(H,26,27). The van der Waals surface area contributed by atoms with E-state index in [2.05, 4.69) is 10.3 Å². The van der Waals surface area contributed by atoms with Crippen LogP contribution in [0.15, 0.2) is 24.3 Å². The molecule has 11 heteroatoms. The van der Waals surface area contributed by atoms with Crippen molar-refractivity contribution in [3.05, 3.63) is 35.5 Å². The Kier molecular flexibility index (Phi) is 7.63. The van der Waals surface area contributed by atoms with Crippen molar-refractivity contribution in [2.24, 2.45) is 0 Å². The third kappa shape index (κ3) is 5.53. The molecule has 0 saturated heterocycles. The summed E-state index contributed by atoms with van der Waals surface area (Å²) in [5, 5.41) is 11.9. The predicted molar refractivity (Wildman–Crippen MR) is 107 cm³/mol. The number of ether oxygens (including phenoxy) is 1. The molecule has 0 bridgehead atoms. The quantitative estimate of drug-likeness (QED) is 0.473. The lowest BCUT2D eigenvalue weighted by Gasteiger charge is -2.20. The van der Waals surface area contributed by atoms with Gasteiger partial charge in [0.15, 0.2) is 5.69 Å². The Morgan fingerprint density at radius 1 is 1.32 bits per heavy atom. The molecule has 1 amide bonds. The van der Waals surface area contributed by atoms with Gasteiger partial charge in [0.2, 0.25) is 5.91 Å². The Morgan fingerprint density at radius 2 is 2.03 bits per heavy atom. The Bertz CT molecular complexity index is 989. The van der Waals surface area contributed by atoms with Crippen molar-refractivity contribution in [1.82, 2.24) is 9.88 Å². The number of carbonyl (C=O) groups is 1. The maximum Gasteiger partial charge on any atom is 0.419 e. The van der Waals surface area contributed by atoms with Crippen molar-refractivity contribution < 1.29 is 27.2 Å². The van der Waals surface area contributed by atoms with Gasteiger partial charge in [-0.25, -0.2) is 10.5 Å². The monoisotopic (exact) mass is 439 g/mol. The summed E-state index contributed by atoms with van der Waals surface area (Å²) in [7, 11) is 1.47. The van der Waals surface area contributed by atoms with Crippen molar-refractivity contribution in [2.45, 2.75) is 20.0 Å². The van der Waals surface area contributed by atoms with E-state index in [1.54, 1.807) is 13.0 Å². The van der Waals surface area contributed by atoms with Crippen LogP contribution in [0.1, 0.15) is 25.1 Å². The largest absolute Gasteiger partial charge is 0.491 e. The van der Waals surface area contributed by atoms with Crippen LogP contribution in [0, 0.1) is 11.3 Å². The third-order valence-corrected chi connectivity index (χ3v) is 4.52. The van der Waals surface area contributed by atoms with E-state index in [9.17, 15) is 27.7 Å². The molecule has 2 rings (SSSR count). The molecule has 0 radical (unpaired) electrons. The van der Waals surface area contributed by atoms with Crippen LogP contribution in [-0.4, -0.2) is 42.5 Å². The number of pyridine rings is 1. The highest BCUT2D eigenvalue weighted by atomic mass is 19.4. The number of alkyl halides is 3. The molecule has 0 aliphatic carbocycles. The van der Waals surface area contributed by atoms with Crippen molar-refractivity contribution in [1.29, 1.82) is 5.26 Å². The molecule has 0 spiro atoms. The first-order valence-corrected chi connectivity index (χ1v) is 9.25. The molecule has 0 unspecified atom stereocenters. The molecule has 1 heterocycles. The summed E-state index contributed by atoms with van der Waals surface area (Å²) < 4.78 is 59.2. The number of amides is 1. The van der Waals surface area contributed by atoms with Crippen LogP contribution in [0.5, 0.6) is 5.75 Å². The van der Waals surface area contributed by atoms with E-state index in [4.69, 9.17) is 4.74 Å². The zero-order valence-corrected chi connectivity index (χ0v) is 17.1. The Balaban J connectivity index is 2.42. The molecule has 0 fully saturated rings. The second kappa shape index (κ2) is 9.97. The second-order valence-corrected chi connectivity index (χ2v) is 6.39. The lowest BCUT2D eigenvalue weighted by molar-refractivity contribution is -0.139. The summed E-state index contributed by atoms with van der Waals surface area (Å²) >= 11 is 0. The molecule has 31 heavy (non-hydrogen) atoms. The zero-order chi connectivity index (χ0) is 23.2. The van der Waals surface area contributed by atoms with Crippen LogP contribution in [0.25, 0.3) is 11.3 Å². The summed E-state index contributed by atoms with van der Waals surface area (Å²) in [6, 6.07) is 6.39. The van der Waals surface area contributed by atoms with E-state index < -0.39 is 17.5 Å². The summed E-state index contributed by atoms with van der Waals surface area (Å²) in [6.45, 7) is 3.55. The second-order valence-electron chi connectivity index (χ2n) is 6.39. The molecule has 166 valence electrons. The molecule has 0 aliphatic heterocycles. The van der Waals surface area contributed by atoms with Gasteiger partial charge in [-0.1, -0.05) is 0 Å². The van der Waals surface area contributed by atoms with Crippen LogP contribution in [0.4, 0.5) is 29.0 Å². The number of likely N-dealkylation sites (N-methyl/N-ethyl adjacent to an activating group) is 1. The molecule has 7 nitrogen and oxygen atoms in total. The average Bonchev–Trinajstić information content (AvgIpc) is 2.74. The highest BCUT2D eigenvalue weighted by Gasteiger charge is 2.35. The topological polar surface area (TPSA) is 90.3 Å². The van der Waals surface area contributed by atoms with E-state index in [-0.39, 0.29) is 47.4 Å². The van der Waals surface area contributed by atoms with Crippen molar-refractivity contribution in [2.75, 3.05) is 37.6 Å². The van der Waals surface area contributed by atoms with E-state index >= 15 is 0 Å². The first-order chi connectivity index (χ1) is 14.7. The zero-order valence-electron chi connectivity index (χ0n) is 17.1. The van der Waals surface area contributed by atoms with Gasteiger partial charge >= 0.3 is 6.18 Å². The number of nitriles is 1. The SMILES string of the molecule is CCN(CCOc1ccc(-c2cc(NC)c(NF)c(C#N)n2)cc1C(F)(F)F)C(C)=O. The number of anilines is 2. The molecular formula is C20H21F4N5O2. The Labute approximate surface area is 176 Å². The first-order valence-electron chi connectivity index (χ1n) is 9.25. The van der Waals surface area contributed by atoms with E-state index in [0.717, 1.165) is 12.1 Å². The van der Waals surface area contributed by atoms with Gasteiger partial charge < -0.3 is 15.0 Å². The van der Waals surface area contributed by atoms with Crippen LogP contribution in [0.2, 0.25) is 0 Å². The number of nitrogens with zero attached hydrogens (tertiary/aromatic N) is 3. The highest BCUT2D eigenvalue weighted by Crippen LogP contribution is 2.39. The molecule has 1 aromatic carbocycles. The highest BCUT2D eigenvalue weighted by molar-refractivity contribution is 5.78. The summed E-state index contributed by atoms with van der Waals surface area (Å²) in [5.41, 5.74) is 0.0647. The number of hydrogen-bond donors (Lipinski definition) is 2. The van der Waals surface area contributed by atoms with Crippen molar-refractivity contribution in [3.8, 4) is 23.1 Å². The molecule has 0 atom stereocenters. The fraction of sp³-hybridized carbons (Fsp3) is 0.350. The number of carbonyl (C=O) groups excluding carboxylic acids is 1. The van der Waals surface area contributed by atoms with Gasteiger partial charge in [0.25, 0.3) is 0 Å². The van der Waals surface area contributed by atoms with Crippen LogP contribution >= 0.6 is 0 Å². The summed E-state index contributed by atoms with van der Waals surface area (Å²) in [4.78, 5) is 16.8. The molecule has 2 N–H and O–H groups in total. The van der Waals surface area contributed by atoms with Gasteiger partial charge in [0.1, 0.15) is 24.1 Å². The van der Waals surface area contributed by atoms with Gasteiger partial charge in [-0.3, -0.25) is 4.79 Å². The fourth-order valence-electron chi connectivity index (χ4n) is 2.91. The van der Waals surface area contributed by atoms with Crippen LogP contribution < -0.4 is 15.6 Å². The molecule has 0 saturated carbocycles. The van der Waals surface area contributed by atoms with Gasteiger partial charge in [-0.2, -0.15) is 18.4 Å². The van der Waals surface area contributed by atoms with Crippen LogP contribution in [0.3, 0.4) is 0 Å². The molecule has 2 aromatic rings. The van der Waals surface area contributed by atoms with Gasteiger partial charge in [-0.05, 0) is 31.2 Å². The van der Waals surface area contributed by atoms with Crippen molar-refractivity contribution in [3.63, 3.8) is 0 Å². The van der Waals surface area contributed by atoms with E-state index in [1.165, 1.54) is 36.5 Å². The lowest BCUT2D eigenvalue weighted by Crippen LogP contribution is -2.32. The Hall–Kier alpha value is -3.55. The first kappa shape index (κ1) is 23.7. The normalized spacial score (nSPS) is 10.9. The molecule has 1 aromatic heterocycles. The minimum Gasteiger partial charge on any atom is -0.491 e. The lowest BCUT2D eigenvalue weighted by atomic mass is 10.0. The number of halogens is 4. The average molecular weight is 439 g/mol. The van der Waals surface area contributed by atoms with Gasteiger partial charge in [0, 0.05) is 26.1 Å². The van der Waals surface area contributed by atoms with Gasteiger partial charge in [-0.15, -0.1) is 4.48 Å². The number of benzene rings is 1. The van der Waals surface area contributed by atoms with Gasteiger partial charge in [0.05, 0.1) is 23.5 Å². The number of aromatic nitrogens is 1. The summed E-state index contributed by atoms with van der Waals surface area (Å²) in [6.07, 6.45) is -4.72. The maximum absolute atomic E-state index is 13.6. The van der Waals surface area contributed by atoms with Crippen LogP contribution in [-0.2, 0) is 11.0 Å². The number of hydrogen-bond acceptors (Lipinski definition) is 6. The number of nitrogens with one attached hydrogen (secondary N) is 2. The predicted octanol–water partition coefficient (Wildman–Crippen LogP) is 4.22. The fourth-order valence-corrected chi connectivity index (χ4v) is 2.91.